The summed E-state index contributed by atoms with van der Waals surface area (Å²) < 4.78 is 40.2. The first-order valence-electron chi connectivity index (χ1n) is 4.72. The number of aliphatic carboxylic acids is 1. The van der Waals surface area contributed by atoms with Crippen LogP contribution in [0.1, 0.15) is 18.0 Å². The molecule has 0 amide bonds. The van der Waals surface area contributed by atoms with Crippen LogP contribution < -0.4 is 10.5 Å². The summed E-state index contributed by atoms with van der Waals surface area (Å²) in [5, 5.41) is 8.50. The highest BCUT2D eigenvalue weighted by atomic mass is 35.5. The molecule has 1 aromatic rings. The van der Waals surface area contributed by atoms with Crippen LogP contribution in [0, 0.1) is 0 Å². The molecule has 108 valence electrons. The van der Waals surface area contributed by atoms with Gasteiger partial charge in [0.2, 0.25) is 0 Å². The lowest BCUT2D eigenvalue weighted by Crippen LogP contribution is -2.21. The van der Waals surface area contributed by atoms with E-state index in [0.717, 1.165) is 6.07 Å². The predicted molar refractivity (Wildman–Crippen MR) is 64.6 cm³/mol. The Morgan fingerprint density at radius 1 is 1.47 bits per heavy atom. The normalized spacial score (nSPS) is 12.5. The molecule has 0 unspecified atom stereocenters. The number of carbonyl (C=O) groups is 1. The molecule has 0 aliphatic rings. The lowest BCUT2D eigenvalue weighted by molar-refractivity contribution is -0.274. The Morgan fingerprint density at radius 2 is 2.05 bits per heavy atom. The van der Waals surface area contributed by atoms with Crippen LogP contribution in [0.3, 0.4) is 0 Å². The molecule has 1 aromatic carbocycles. The van der Waals surface area contributed by atoms with E-state index in [-0.39, 0.29) is 23.0 Å². The first-order chi connectivity index (χ1) is 8.20. The van der Waals surface area contributed by atoms with E-state index >= 15 is 0 Å². The third kappa shape index (κ3) is 5.54. The van der Waals surface area contributed by atoms with E-state index in [4.69, 9.17) is 22.4 Å². The van der Waals surface area contributed by atoms with Crippen LogP contribution in [-0.2, 0) is 4.79 Å². The van der Waals surface area contributed by atoms with Gasteiger partial charge in [0.25, 0.3) is 0 Å². The largest absolute Gasteiger partial charge is 0.573 e. The van der Waals surface area contributed by atoms with Gasteiger partial charge in [-0.2, -0.15) is 0 Å². The van der Waals surface area contributed by atoms with E-state index in [2.05, 4.69) is 4.74 Å². The molecule has 1 rings (SSSR count). The molecule has 0 saturated carbocycles. The van der Waals surface area contributed by atoms with Gasteiger partial charge in [-0.05, 0) is 12.1 Å². The lowest BCUT2D eigenvalue weighted by Gasteiger charge is -2.18. The molecule has 0 heterocycles. The second kappa shape index (κ2) is 6.83. The lowest BCUT2D eigenvalue weighted by atomic mass is 10.0. The summed E-state index contributed by atoms with van der Waals surface area (Å²) in [6.07, 6.45) is -5.46. The molecule has 0 aromatic heterocycles. The van der Waals surface area contributed by atoms with Gasteiger partial charge < -0.3 is 15.6 Å². The Morgan fingerprint density at radius 3 is 2.53 bits per heavy atom. The number of hydrogen-bond acceptors (Lipinski definition) is 3. The fourth-order valence-electron chi connectivity index (χ4n) is 1.38. The van der Waals surface area contributed by atoms with Crippen molar-refractivity contribution in [1.82, 2.24) is 0 Å². The SMILES string of the molecule is Cl.N[C@H](CC(=O)O)c1c(Cl)cccc1OC(F)(F)F. The topological polar surface area (TPSA) is 72.6 Å². The quantitative estimate of drug-likeness (QED) is 0.894. The number of benzene rings is 1. The number of ether oxygens (including phenoxy) is 1. The highest BCUT2D eigenvalue weighted by Crippen LogP contribution is 2.35. The third-order valence-electron chi connectivity index (χ3n) is 2.00. The molecule has 0 aliphatic heterocycles. The molecule has 3 N–H and O–H groups in total. The molecule has 0 aliphatic carbocycles. The molecule has 0 fully saturated rings. The number of halogens is 5. The number of carboxylic acid groups (broad SMARTS) is 1. The second-order valence-corrected chi connectivity index (χ2v) is 3.81. The van der Waals surface area contributed by atoms with E-state index < -0.39 is 30.5 Å². The fraction of sp³-hybridized carbons (Fsp3) is 0.300. The second-order valence-electron chi connectivity index (χ2n) is 3.40. The summed E-state index contributed by atoms with van der Waals surface area (Å²) in [4.78, 5) is 10.5. The maximum absolute atomic E-state index is 12.2. The Kier molecular flexibility index (Phi) is 6.41. The molecular formula is C10H10Cl2F3NO3. The van der Waals surface area contributed by atoms with Gasteiger partial charge in [-0.15, -0.1) is 25.6 Å². The van der Waals surface area contributed by atoms with Crippen LogP contribution >= 0.6 is 24.0 Å². The highest BCUT2D eigenvalue weighted by molar-refractivity contribution is 6.31. The van der Waals surface area contributed by atoms with Crippen LogP contribution in [-0.4, -0.2) is 17.4 Å². The zero-order chi connectivity index (χ0) is 13.9. The van der Waals surface area contributed by atoms with Crippen molar-refractivity contribution in [1.29, 1.82) is 0 Å². The van der Waals surface area contributed by atoms with Gasteiger partial charge in [-0.25, -0.2) is 0 Å². The smallest absolute Gasteiger partial charge is 0.481 e. The maximum atomic E-state index is 12.2. The van der Waals surface area contributed by atoms with Crippen molar-refractivity contribution in [3.8, 4) is 5.75 Å². The first-order valence-corrected chi connectivity index (χ1v) is 5.10. The van der Waals surface area contributed by atoms with Crippen LogP contribution in [0.4, 0.5) is 13.2 Å². The van der Waals surface area contributed by atoms with Gasteiger partial charge in [-0.1, -0.05) is 17.7 Å². The van der Waals surface area contributed by atoms with E-state index in [1.165, 1.54) is 12.1 Å². The Bertz CT molecular complexity index is 454. The summed E-state index contributed by atoms with van der Waals surface area (Å²) in [7, 11) is 0. The summed E-state index contributed by atoms with van der Waals surface area (Å²) in [5.41, 5.74) is 5.32. The number of nitrogens with two attached hydrogens (primary N) is 1. The summed E-state index contributed by atoms with van der Waals surface area (Å²) >= 11 is 5.72. The minimum absolute atomic E-state index is 0. The average Bonchev–Trinajstić information content (AvgIpc) is 2.13. The molecular weight excluding hydrogens is 310 g/mol. The van der Waals surface area contributed by atoms with Crippen LogP contribution in [0.25, 0.3) is 0 Å². The monoisotopic (exact) mass is 319 g/mol. The molecule has 9 heteroatoms. The third-order valence-corrected chi connectivity index (χ3v) is 2.33. The van der Waals surface area contributed by atoms with Gasteiger partial charge in [-0.3, -0.25) is 4.79 Å². The minimum atomic E-state index is -4.90. The van der Waals surface area contributed by atoms with E-state index in [1.807, 2.05) is 0 Å². The number of hydrogen-bond donors (Lipinski definition) is 2. The molecule has 19 heavy (non-hydrogen) atoms. The van der Waals surface area contributed by atoms with Crippen LogP contribution in [0.2, 0.25) is 5.02 Å². The van der Waals surface area contributed by atoms with Gasteiger partial charge in [0.1, 0.15) is 5.75 Å². The molecule has 0 radical (unpaired) electrons. The predicted octanol–water partition coefficient (Wildman–Crippen LogP) is 3.13. The van der Waals surface area contributed by atoms with Crippen molar-refractivity contribution >= 4 is 30.0 Å². The Hall–Kier alpha value is -1.18. The van der Waals surface area contributed by atoms with Crippen molar-refractivity contribution in [2.45, 2.75) is 18.8 Å². The van der Waals surface area contributed by atoms with E-state index in [1.54, 1.807) is 0 Å². The summed E-state index contributed by atoms with van der Waals surface area (Å²) in [6.45, 7) is 0. The molecule has 0 saturated heterocycles. The Labute approximate surface area is 117 Å². The van der Waals surface area contributed by atoms with Crippen molar-refractivity contribution < 1.29 is 27.8 Å². The fourth-order valence-corrected chi connectivity index (χ4v) is 1.69. The van der Waals surface area contributed by atoms with Crippen molar-refractivity contribution in [2.24, 2.45) is 5.73 Å². The van der Waals surface area contributed by atoms with E-state index in [9.17, 15) is 18.0 Å². The highest BCUT2D eigenvalue weighted by Gasteiger charge is 2.33. The standard InChI is InChI=1S/C10H9ClF3NO3.ClH/c11-5-2-1-3-7(18-10(12,13)14)9(5)6(15)4-8(16)17;/h1-3,6H,4,15H2,(H,16,17);1H/t6-;/m1./s1. The maximum Gasteiger partial charge on any atom is 0.573 e. The zero-order valence-corrected chi connectivity index (χ0v) is 10.9. The van der Waals surface area contributed by atoms with Crippen molar-refractivity contribution in [2.75, 3.05) is 0 Å². The van der Waals surface area contributed by atoms with Gasteiger partial charge >= 0.3 is 12.3 Å². The number of alkyl halides is 3. The average molecular weight is 320 g/mol. The van der Waals surface area contributed by atoms with E-state index in [0.29, 0.717) is 0 Å². The number of rotatable bonds is 4. The molecule has 0 spiro atoms. The molecule has 1 atom stereocenters. The number of carboxylic acids is 1. The summed E-state index contributed by atoms with van der Waals surface area (Å²) in [6, 6.07) is 2.40. The van der Waals surface area contributed by atoms with Crippen molar-refractivity contribution in [3.05, 3.63) is 28.8 Å². The van der Waals surface area contributed by atoms with Gasteiger partial charge in [0.05, 0.1) is 6.42 Å². The summed E-state index contributed by atoms with van der Waals surface area (Å²) in [5.74, 6) is -1.84. The van der Waals surface area contributed by atoms with Crippen LogP contribution in [0.5, 0.6) is 5.75 Å². The zero-order valence-electron chi connectivity index (χ0n) is 9.28. The minimum Gasteiger partial charge on any atom is -0.481 e. The van der Waals surface area contributed by atoms with Gasteiger partial charge in [0.15, 0.2) is 0 Å². The molecule has 0 bridgehead atoms. The Balaban J connectivity index is 0.00000324. The first kappa shape index (κ1) is 17.8. The van der Waals surface area contributed by atoms with Crippen molar-refractivity contribution in [3.63, 3.8) is 0 Å². The van der Waals surface area contributed by atoms with Gasteiger partial charge in [0, 0.05) is 16.6 Å². The van der Waals surface area contributed by atoms with Crippen LogP contribution in [0.15, 0.2) is 18.2 Å². The molecule has 4 nitrogen and oxygen atoms in total.